The van der Waals surface area contributed by atoms with Crippen molar-refractivity contribution in [2.24, 2.45) is 0 Å². The number of imidazole rings is 1. The van der Waals surface area contributed by atoms with Crippen LogP contribution in [0, 0.1) is 5.82 Å². The minimum Gasteiger partial charge on any atom is -0.491 e. The first-order valence-electron chi connectivity index (χ1n) is 6.96. The van der Waals surface area contributed by atoms with Crippen molar-refractivity contribution in [3.05, 3.63) is 36.4 Å². The van der Waals surface area contributed by atoms with Gasteiger partial charge in [0.25, 0.3) is 0 Å². The second kappa shape index (κ2) is 6.93. The maximum absolute atomic E-state index is 13.9. The van der Waals surface area contributed by atoms with Gasteiger partial charge in [-0.25, -0.2) is 9.37 Å². The molecule has 0 spiro atoms. The van der Waals surface area contributed by atoms with Crippen LogP contribution in [0.5, 0.6) is 5.75 Å². The number of aromatic nitrogens is 2. The van der Waals surface area contributed by atoms with Gasteiger partial charge >= 0.3 is 0 Å². The SMILES string of the molecule is CCCCNc1nccn1-c1ccc(OCC)c(F)c1. The Labute approximate surface area is 118 Å². The Morgan fingerprint density at radius 2 is 2.20 bits per heavy atom. The van der Waals surface area contributed by atoms with Crippen molar-refractivity contribution < 1.29 is 9.13 Å². The van der Waals surface area contributed by atoms with E-state index in [9.17, 15) is 4.39 Å². The van der Waals surface area contributed by atoms with Crippen LogP contribution in [-0.2, 0) is 0 Å². The van der Waals surface area contributed by atoms with Crippen molar-refractivity contribution in [2.45, 2.75) is 26.7 Å². The largest absolute Gasteiger partial charge is 0.491 e. The number of unbranched alkanes of at least 4 members (excludes halogenated alkanes) is 1. The van der Waals surface area contributed by atoms with Gasteiger partial charge in [-0.1, -0.05) is 13.3 Å². The van der Waals surface area contributed by atoms with Gasteiger partial charge in [-0.05, 0) is 25.5 Å². The molecule has 0 aliphatic carbocycles. The van der Waals surface area contributed by atoms with Gasteiger partial charge in [-0.2, -0.15) is 0 Å². The lowest BCUT2D eigenvalue weighted by atomic mass is 10.3. The highest BCUT2D eigenvalue weighted by atomic mass is 19.1. The zero-order valence-electron chi connectivity index (χ0n) is 11.9. The van der Waals surface area contributed by atoms with Crippen LogP contribution in [0.1, 0.15) is 26.7 Å². The third kappa shape index (κ3) is 3.29. The van der Waals surface area contributed by atoms with Gasteiger partial charge in [0, 0.05) is 25.0 Å². The highest BCUT2D eigenvalue weighted by Gasteiger charge is 2.08. The zero-order chi connectivity index (χ0) is 14.4. The van der Waals surface area contributed by atoms with Crippen LogP contribution in [-0.4, -0.2) is 22.7 Å². The third-order valence-corrected chi connectivity index (χ3v) is 2.95. The molecule has 1 aromatic heterocycles. The lowest BCUT2D eigenvalue weighted by Crippen LogP contribution is -2.07. The van der Waals surface area contributed by atoms with Crippen molar-refractivity contribution >= 4 is 5.95 Å². The van der Waals surface area contributed by atoms with E-state index in [1.165, 1.54) is 6.07 Å². The highest BCUT2D eigenvalue weighted by molar-refractivity contribution is 5.44. The van der Waals surface area contributed by atoms with Crippen LogP contribution in [0.15, 0.2) is 30.6 Å². The van der Waals surface area contributed by atoms with Crippen molar-refractivity contribution in [3.63, 3.8) is 0 Å². The molecule has 5 heteroatoms. The van der Waals surface area contributed by atoms with Gasteiger partial charge in [-0.3, -0.25) is 4.57 Å². The summed E-state index contributed by atoms with van der Waals surface area (Å²) in [6.45, 7) is 5.27. The van der Waals surface area contributed by atoms with Crippen LogP contribution in [0.4, 0.5) is 10.3 Å². The molecule has 0 saturated heterocycles. The van der Waals surface area contributed by atoms with E-state index in [4.69, 9.17) is 4.74 Å². The Bertz CT molecular complexity index is 554. The van der Waals surface area contributed by atoms with Crippen LogP contribution in [0.3, 0.4) is 0 Å². The molecule has 0 saturated carbocycles. The Balaban J connectivity index is 2.19. The lowest BCUT2D eigenvalue weighted by molar-refractivity contribution is 0.321. The van der Waals surface area contributed by atoms with Gasteiger partial charge in [0.15, 0.2) is 11.6 Å². The van der Waals surface area contributed by atoms with Gasteiger partial charge < -0.3 is 10.1 Å². The maximum atomic E-state index is 13.9. The Kier molecular flexibility index (Phi) is 4.98. The minimum atomic E-state index is -0.363. The van der Waals surface area contributed by atoms with Crippen LogP contribution in [0.25, 0.3) is 5.69 Å². The Hall–Kier alpha value is -2.04. The van der Waals surface area contributed by atoms with E-state index < -0.39 is 0 Å². The molecule has 0 unspecified atom stereocenters. The highest BCUT2D eigenvalue weighted by Crippen LogP contribution is 2.22. The summed E-state index contributed by atoms with van der Waals surface area (Å²) >= 11 is 0. The van der Waals surface area contributed by atoms with E-state index in [0.717, 1.165) is 31.0 Å². The molecule has 1 aromatic carbocycles. The van der Waals surface area contributed by atoms with Crippen molar-refractivity contribution in [1.29, 1.82) is 0 Å². The fraction of sp³-hybridized carbons (Fsp3) is 0.400. The standard InChI is InChI=1S/C15H20FN3O/c1-3-5-8-17-15-18-9-10-19(15)12-6-7-14(20-4-2)13(16)11-12/h6-7,9-11H,3-5,8H2,1-2H3,(H,17,18). The molecule has 1 N–H and O–H groups in total. The number of hydrogen-bond donors (Lipinski definition) is 1. The minimum absolute atomic E-state index is 0.275. The molecule has 1 heterocycles. The van der Waals surface area contributed by atoms with Gasteiger partial charge in [-0.15, -0.1) is 0 Å². The predicted molar refractivity (Wildman–Crippen MR) is 78.1 cm³/mol. The average Bonchev–Trinajstić information content (AvgIpc) is 2.90. The maximum Gasteiger partial charge on any atom is 0.207 e. The molecule has 20 heavy (non-hydrogen) atoms. The average molecular weight is 277 g/mol. The van der Waals surface area contributed by atoms with E-state index in [2.05, 4.69) is 17.2 Å². The summed E-state index contributed by atoms with van der Waals surface area (Å²) in [6, 6.07) is 4.92. The normalized spacial score (nSPS) is 10.6. The van der Waals surface area contributed by atoms with Gasteiger partial charge in [0.05, 0.1) is 12.3 Å². The van der Waals surface area contributed by atoms with E-state index in [-0.39, 0.29) is 11.6 Å². The first-order valence-corrected chi connectivity index (χ1v) is 6.96. The lowest BCUT2D eigenvalue weighted by Gasteiger charge is -2.11. The molecule has 108 valence electrons. The van der Waals surface area contributed by atoms with Crippen molar-refractivity contribution in [2.75, 3.05) is 18.5 Å². The summed E-state index contributed by atoms with van der Waals surface area (Å²) in [4.78, 5) is 4.25. The van der Waals surface area contributed by atoms with E-state index >= 15 is 0 Å². The molecule has 0 atom stereocenters. The summed E-state index contributed by atoms with van der Waals surface area (Å²) in [5, 5.41) is 3.25. The molecule has 2 rings (SSSR count). The Morgan fingerprint density at radius 3 is 2.90 bits per heavy atom. The topological polar surface area (TPSA) is 39.1 Å². The van der Waals surface area contributed by atoms with E-state index in [1.807, 2.05) is 23.8 Å². The fourth-order valence-electron chi connectivity index (χ4n) is 1.93. The predicted octanol–water partition coefficient (Wildman–Crippen LogP) is 3.62. The Morgan fingerprint density at radius 1 is 1.35 bits per heavy atom. The number of nitrogens with one attached hydrogen (secondary N) is 1. The molecule has 0 bridgehead atoms. The third-order valence-electron chi connectivity index (χ3n) is 2.95. The molecule has 4 nitrogen and oxygen atoms in total. The number of benzene rings is 1. The second-order valence-corrected chi connectivity index (χ2v) is 4.45. The summed E-state index contributed by atoms with van der Waals surface area (Å²) in [7, 11) is 0. The zero-order valence-corrected chi connectivity index (χ0v) is 11.9. The molecule has 0 amide bonds. The van der Waals surface area contributed by atoms with E-state index in [0.29, 0.717) is 6.61 Å². The monoisotopic (exact) mass is 277 g/mol. The summed E-state index contributed by atoms with van der Waals surface area (Å²) in [5.74, 6) is 0.636. The molecular weight excluding hydrogens is 257 g/mol. The molecular formula is C15H20FN3O. The molecule has 0 fully saturated rings. The molecule has 2 aromatic rings. The number of rotatable bonds is 7. The first kappa shape index (κ1) is 14.4. The summed E-state index contributed by atoms with van der Waals surface area (Å²) < 4.78 is 20.9. The van der Waals surface area contributed by atoms with Gasteiger partial charge in [0.1, 0.15) is 0 Å². The number of halogens is 1. The molecule has 0 aliphatic heterocycles. The number of nitrogens with zero attached hydrogens (tertiary/aromatic N) is 2. The van der Waals surface area contributed by atoms with Crippen molar-refractivity contribution in [3.8, 4) is 11.4 Å². The van der Waals surface area contributed by atoms with Crippen LogP contribution >= 0.6 is 0 Å². The van der Waals surface area contributed by atoms with Crippen molar-refractivity contribution in [1.82, 2.24) is 9.55 Å². The van der Waals surface area contributed by atoms with Crippen LogP contribution in [0.2, 0.25) is 0 Å². The summed E-state index contributed by atoms with van der Waals surface area (Å²) in [6.07, 6.45) is 5.70. The first-order chi connectivity index (χ1) is 9.76. The number of ether oxygens (including phenoxy) is 1. The summed E-state index contributed by atoms with van der Waals surface area (Å²) in [5.41, 5.74) is 0.724. The molecule has 0 aliphatic rings. The van der Waals surface area contributed by atoms with Crippen LogP contribution < -0.4 is 10.1 Å². The van der Waals surface area contributed by atoms with Gasteiger partial charge in [0.2, 0.25) is 5.95 Å². The number of hydrogen-bond acceptors (Lipinski definition) is 3. The van der Waals surface area contributed by atoms with E-state index in [1.54, 1.807) is 12.3 Å². The molecule has 0 radical (unpaired) electrons. The quantitative estimate of drug-likeness (QED) is 0.786. The fourth-order valence-corrected chi connectivity index (χ4v) is 1.93. The second-order valence-electron chi connectivity index (χ2n) is 4.45. The number of anilines is 1. The smallest absolute Gasteiger partial charge is 0.207 e.